The molecule has 3 aromatic rings. The van der Waals surface area contributed by atoms with E-state index in [9.17, 15) is 4.79 Å². The summed E-state index contributed by atoms with van der Waals surface area (Å²) in [6.45, 7) is 3.78. The van der Waals surface area contributed by atoms with Crippen LogP contribution in [-0.2, 0) is 0 Å². The Morgan fingerprint density at radius 2 is 1.81 bits per heavy atom. The van der Waals surface area contributed by atoms with E-state index >= 15 is 0 Å². The first-order chi connectivity index (χ1) is 14.6. The Kier molecular flexibility index (Phi) is 7.96. The number of nitrogens with zero attached hydrogens (tertiary/aromatic N) is 1. The van der Waals surface area contributed by atoms with Gasteiger partial charge in [0.25, 0.3) is 0 Å². The summed E-state index contributed by atoms with van der Waals surface area (Å²) in [5, 5.41) is 0.542. The first-order valence-electron chi connectivity index (χ1n) is 10.4. The molecule has 31 heavy (non-hydrogen) atoms. The molecule has 1 saturated heterocycles. The number of rotatable bonds is 7. The Bertz CT molecular complexity index is 1040. The van der Waals surface area contributed by atoms with Crippen LogP contribution in [0.25, 0.3) is 22.1 Å². The van der Waals surface area contributed by atoms with E-state index in [0.717, 1.165) is 50.2 Å². The lowest BCUT2D eigenvalue weighted by Gasteiger charge is -2.29. The molecule has 7 heteroatoms. The lowest BCUT2D eigenvalue weighted by atomic mass is 10.1. The van der Waals surface area contributed by atoms with Gasteiger partial charge in [0, 0.05) is 18.7 Å². The summed E-state index contributed by atoms with van der Waals surface area (Å²) in [6.07, 6.45) is 4.61. The summed E-state index contributed by atoms with van der Waals surface area (Å²) in [5.74, 6) is 1.46. The van der Waals surface area contributed by atoms with Crippen LogP contribution in [0.2, 0.25) is 0 Å². The predicted octanol–water partition coefficient (Wildman–Crippen LogP) is 4.08. The Balaban J connectivity index is 0.00000272. The highest BCUT2D eigenvalue weighted by molar-refractivity contribution is 5.85. The molecule has 0 unspecified atom stereocenters. The minimum absolute atomic E-state index is 0. The highest BCUT2D eigenvalue weighted by Gasteiger charge is 2.15. The Labute approximate surface area is 188 Å². The van der Waals surface area contributed by atoms with Crippen LogP contribution in [0.3, 0.4) is 0 Å². The van der Waals surface area contributed by atoms with Crippen molar-refractivity contribution in [2.75, 3.05) is 33.4 Å². The molecule has 2 aromatic carbocycles. The smallest absolute Gasteiger partial charge is 0.200 e. The van der Waals surface area contributed by atoms with Gasteiger partial charge in [-0.05, 0) is 62.2 Å². The maximum atomic E-state index is 12.9. The van der Waals surface area contributed by atoms with Crippen molar-refractivity contribution in [3.05, 3.63) is 59.0 Å². The van der Waals surface area contributed by atoms with Gasteiger partial charge < -0.3 is 24.5 Å². The zero-order valence-corrected chi connectivity index (χ0v) is 18.5. The zero-order chi connectivity index (χ0) is 20.9. The molecule has 0 saturated carbocycles. The van der Waals surface area contributed by atoms with Crippen LogP contribution in [-0.4, -0.2) is 44.3 Å². The van der Waals surface area contributed by atoms with E-state index in [0.29, 0.717) is 34.9 Å². The molecule has 166 valence electrons. The van der Waals surface area contributed by atoms with Crippen LogP contribution < -0.4 is 20.6 Å². The Morgan fingerprint density at radius 1 is 1.10 bits per heavy atom. The van der Waals surface area contributed by atoms with E-state index in [1.54, 1.807) is 19.2 Å². The minimum Gasteiger partial charge on any atom is -0.497 e. The number of ether oxygens (including phenoxy) is 2. The van der Waals surface area contributed by atoms with Gasteiger partial charge in [-0.15, -0.1) is 12.4 Å². The number of hydrogen-bond acceptors (Lipinski definition) is 6. The van der Waals surface area contributed by atoms with Crippen molar-refractivity contribution in [3.8, 4) is 22.6 Å². The van der Waals surface area contributed by atoms with Crippen LogP contribution in [0.15, 0.2) is 57.9 Å². The molecular weight excluding hydrogens is 416 g/mol. The second kappa shape index (κ2) is 10.7. The third kappa shape index (κ3) is 5.58. The number of methoxy groups -OCH3 is 1. The topological polar surface area (TPSA) is 77.9 Å². The van der Waals surface area contributed by atoms with Crippen LogP contribution in [0.4, 0.5) is 0 Å². The second-order valence-electron chi connectivity index (χ2n) is 7.75. The number of benzene rings is 2. The molecule has 1 fully saturated rings. The van der Waals surface area contributed by atoms with Gasteiger partial charge in [0.2, 0.25) is 0 Å². The number of piperidine rings is 1. The normalized spacial score (nSPS) is 14.9. The third-order valence-corrected chi connectivity index (χ3v) is 5.67. The van der Waals surface area contributed by atoms with Crippen molar-refractivity contribution >= 4 is 23.4 Å². The quantitative estimate of drug-likeness (QED) is 0.553. The highest BCUT2D eigenvalue weighted by atomic mass is 35.5. The number of halogens is 1. The van der Waals surface area contributed by atoms with Gasteiger partial charge >= 0.3 is 0 Å². The van der Waals surface area contributed by atoms with Gasteiger partial charge in [-0.1, -0.05) is 12.1 Å². The third-order valence-electron chi connectivity index (χ3n) is 5.67. The van der Waals surface area contributed by atoms with Gasteiger partial charge in [-0.2, -0.15) is 0 Å². The van der Waals surface area contributed by atoms with Gasteiger partial charge in [0.15, 0.2) is 5.43 Å². The molecule has 0 bridgehead atoms. The van der Waals surface area contributed by atoms with E-state index < -0.39 is 0 Å². The second-order valence-corrected chi connectivity index (χ2v) is 7.75. The van der Waals surface area contributed by atoms with Crippen molar-refractivity contribution in [1.82, 2.24) is 4.90 Å². The summed E-state index contributed by atoms with van der Waals surface area (Å²) in [4.78, 5) is 15.3. The molecule has 0 spiro atoms. The standard InChI is InChI=1S/C24H28N2O4.ClH/c1-28-19-5-3-17(4-6-19)22-16-30-23-15-20(7-8-21(23)24(22)27)29-14-2-11-26-12-9-18(25)10-13-26;/h3-8,15-16,18H,2,9-14,25H2,1H3;1H. The molecule has 0 amide bonds. The Hall–Kier alpha value is -2.54. The minimum atomic E-state index is -0.0590. The zero-order valence-electron chi connectivity index (χ0n) is 17.7. The van der Waals surface area contributed by atoms with E-state index in [1.807, 2.05) is 30.3 Å². The maximum absolute atomic E-state index is 12.9. The molecule has 1 aliphatic rings. The molecule has 1 aliphatic heterocycles. The summed E-state index contributed by atoms with van der Waals surface area (Å²) >= 11 is 0. The van der Waals surface area contributed by atoms with Gasteiger partial charge in [0.1, 0.15) is 23.3 Å². The fourth-order valence-corrected chi connectivity index (χ4v) is 3.82. The number of nitrogens with two attached hydrogens (primary N) is 1. The maximum Gasteiger partial charge on any atom is 0.200 e. The average Bonchev–Trinajstić information content (AvgIpc) is 2.78. The van der Waals surface area contributed by atoms with E-state index in [2.05, 4.69) is 4.90 Å². The summed E-state index contributed by atoms with van der Waals surface area (Å²) in [5.41, 5.74) is 7.74. The lowest BCUT2D eigenvalue weighted by molar-refractivity contribution is 0.194. The largest absolute Gasteiger partial charge is 0.497 e. The number of hydrogen-bond donors (Lipinski definition) is 1. The molecule has 2 heterocycles. The van der Waals surface area contributed by atoms with E-state index in [4.69, 9.17) is 19.6 Å². The fraction of sp³-hybridized carbons (Fsp3) is 0.375. The average molecular weight is 445 g/mol. The van der Waals surface area contributed by atoms with E-state index in [-0.39, 0.29) is 17.8 Å². The summed E-state index contributed by atoms with van der Waals surface area (Å²) in [7, 11) is 1.61. The summed E-state index contributed by atoms with van der Waals surface area (Å²) < 4.78 is 16.8. The van der Waals surface area contributed by atoms with E-state index in [1.165, 1.54) is 6.26 Å². The van der Waals surface area contributed by atoms with Crippen LogP contribution in [0.1, 0.15) is 19.3 Å². The van der Waals surface area contributed by atoms with Gasteiger partial charge in [-0.25, -0.2) is 0 Å². The first-order valence-corrected chi connectivity index (χ1v) is 10.4. The fourth-order valence-electron chi connectivity index (χ4n) is 3.82. The van der Waals surface area contributed by atoms with Crippen molar-refractivity contribution < 1.29 is 13.9 Å². The SMILES string of the molecule is COc1ccc(-c2coc3cc(OCCCN4CCC(N)CC4)ccc3c2=O)cc1.Cl. The Morgan fingerprint density at radius 3 is 2.52 bits per heavy atom. The first kappa shape index (κ1) is 23.1. The number of fused-ring (bicyclic) bond motifs is 1. The number of likely N-dealkylation sites (tertiary alicyclic amines) is 1. The van der Waals surface area contributed by atoms with Gasteiger partial charge in [0.05, 0.1) is 24.7 Å². The van der Waals surface area contributed by atoms with Crippen LogP contribution >= 0.6 is 12.4 Å². The molecule has 4 rings (SSSR count). The monoisotopic (exact) mass is 444 g/mol. The molecule has 2 N–H and O–H groups in total. The van der Waals surface area contributed by atoms with Crippen LogP contribution in [0, 0.1) is 0 Å². The molecular formula is C24H29ClN2O4. The van der Waals surface area contributed by atoms with Crippen molar-refractivity contribution in [1.29, 1.82) is 0 Å². The molecule has 0 atom stereocenters. The summed E-state index contributed by atoms with van der Waals surface area (Å²) in [6, 6.07) is 13.1. The molecule has 0 radical (unpaired) electrons. The van der Waals surface area contributed by atoms with Crippen molar-refractivity contribution in [2.24, 2.45) is 5.73 Å². The highest BCUT2D eigenvalue weighted by Crippen LogP contribution is 2.24. The van der Waals surface area contributed by atoms with Crippen molar-refractivity contribution in [2.45, 2.75) is 25.3 Å². The van der Waals surface area contributed by atoms with Crippen molar-refractivity contribution in [3.63, 3.8) is 0 Å². The van der Waals surface area contributed by atoms with Crippen LogP contribution in [0.5, 0.6) is 11.5 Å². The molecule has 0 aliphatic carbocycles. The molecule has 1 aromatic heterocycles. The lowest BCUT2D eigenvalue weighted by Crippen LogP contribution is -2.40. The predicted molar refractivity (Wildman–Crippen MR) is 125 cm³/mol. The molecule has 6 nitrogen and oxygen atoms in total. The van der Waals surface area contributed by atoms with Gasteiger partial charge in [-0.3, -0.25) is 4.79 Å².